The zero-order valence-electron chi connectivity index (χ0n) is 12.0. The van der Waals surface area contributed by atoms with Crippen LogP contribution in [0.4, 0.5) is 0 Å². The topological polar surface area (TPSA) is 53.1 Å². The number of hydrogen-bond acceptors (Lipinski definition) is 4. The summed E-state index contributed by atoms with van der Waals surface area (Å²) in [7, 11) is 0. The van der Waals surface area contributed by atoms with E-state index in [4.69, 9.17) is 9.68 Å². The molecule has 0 saturated heterocycles. The number of furan rings is 1. The molecule has 4 nitrogen and oxygen atoms in total. The van der Waals surface area contributed by atoms with Gasteiger partial charge in [-0.15, -0.1) is 0 Å². The lowest BCUT2D eigenvalue weighted by molar-refractivity contribution is 0.239. The van der Waals surface area contributed by atoms with Crippen LogP contribution in [0, 0.1) is 25.2 Å². The highest BCUT2D eigenvalue weighted by Crippen LogP contribution is 2.16. The maximum absolute atomic E-state index is 8.78. The predicted octanol–water partition coefficient (Wildman–Crippen LogP) is 3.21. The molecule has 2 rings (SSSR count). The number of nitrogens with zero attached hydrogens (tertiary/aromatic N) is 3. The summed E-state index contributed by atoms with van der Waals surface area (Å²) in [6.07, 6.45) is 4.14. The number of pyridine rings is 1. The van der Waals surface area contributed by atoms with E-state index in [1.807, 2.05) is 32.2 Å². The van der Waals surface area contributed by atoms with Gasteiger partial charge in [0.05, 0.1) is 12.6 Å². The Morgan fingerprint density at radius 2 is 2.20 bits per heavy atom. The van der Waals surface area contributed by atoms with Gasteiger partial charge in [0, 0.05) is 31.9 Å². The molecule has 20 heavy (non-hydrogen) atoms. The number of nitriles is 1. The summed E-state index contributed by atoms with van der Waals surface area (Å²) in [5, 5.41) is 8.78. The first-order valence-electron chi connectivity index (χ1n) is 6.73. The highest BCUT2D eigenvalue weighted by Gasteiger charge is 2.11. The molecule has 0 aliphatic heterocycles. The van der Waals surface area contributed by atoms with Crippen molar-refractivity contribution in [1.82, 2.24) is 9.88 Å². The van der Waals surface area contributed by atoms with Crippen LogP contribution < -0.4 is 0 Å². The van der Waals surface area contributed by atoms with Gasteiger partial charge in [0.25, 0.3) is 0 Å². The highest BCUT2D eigenvalue weighted by molar-refractivity contribution is 5.18. The van der Waals surface area contributed by atoms with Gasteiger partial charge in [-0.2, -0.15) is 5.26 Å². The van der Waals surface area contributed by atoms with E-state index in [1.165, 1.54) is 5.56 Å². The second-order valence-corrected chi connectivity index (χ2v) is 4.93. The van der Waals surface area contributed by atoms with Crippen LogP contribution in [0.3, 0.4) is 0 Å². The average Bonchev–Trinajstić information content (AvgIpc) is 2.76. The third-order valence-corrected chi connectivity index (χ3v) is 3.27. The molecule has 0 atom stereocenters. The summed E-state index contributed by atoms with van der Waals surface area (Å²) in [6, 6.07) is 8.24. The Hall–Kier alpha value is -2.12. The fourth-order valence-electron chi connectivity index (χ4n) is 2.12. The minimum Gasteiger partial charge on any atom is -0.465 e. The van der Waals surface area contributed by atoms with Gasteiger partial charge < -0.3 is 4.42 Å². The average molecular weight is 269 g/mol. The SMILES string of the molecule is Cc1cc(CN(CCC#N)Cc2cccnc2)oc1C. The van der Waals surface area contributed by atoms with Crippen molar-refractivity contribution in [3.05, 3.63) is 53.2 Å². The summed E-state index contributed by atoms with van der Waals surface area (Å²) in [4.78, 5) is 6.33. The number of aryl methyl sites for hydroxylation is 2. The Balaban J connectivity index is 2.05. The van der Waals surface area contributed by atoms with Crippen LogP contribution in [0.25, 0.3) is 0 Å². The maximum Gasteiger partial charge on any atom is 0.118 e. The van der Waals surface area contributed by atoms with Crippen LogP contribution in [0.15, 0.2) is 35.0 Å². The lowest BCUT2D eigenvalue weighted by Crippen LogP contribution is -2.23. The Morgan fingerprint density at radius 3 is 2.80 bits per heavy atom. The Morgan fingerprint density at radius 1 is 1.35 bits per heavy atom. The fourth-order valence-corrected chi connectivity index (χ4v) is 2.12. The van der Waals surface area contributed by atoms with Crippen molar-refractivity contribution in [3.63, 3.8) is 0 Å². The molecule has 2 aromatic heterocycles. The van der Waals surface area contributed by atoms with Crippen LogP contribution in [-0.2, 0) is 13.1 Å². The molecule has 0 aliphatic rings. The molecule has 0 amide bonds. The van der Waals surface area contributed by atoms with Gasteiger partial charge in [-0.1, -0.05) is 6.07 Å². The van der Waals surface area contributed by atoms with Crippen molar-refractivity contribution in [1.29, 1.82) is 5.26 Å². The smallest absolute Gasteiger partial charge is 0.118 e. The highest BCUT2D eigenvalue weighted by atomic mass is 16.3. The van der Waals surface area contributed by atoms with Gasteiger partial charge in [0.2, 0.25) is 0 Å². The van der Waals surface area contributed by atoms with Gasteiger partial charge in [0.15, 0.2) is 0 Å². The summed E-state index contributed by atoms with van der Waals surface area (Å²) in [5.41, 5.74) is 2.31. The molecule has 4 heteroatoms. The van der Waals surface area contributed by atoms with Crippen molar-refractivity contribution in [2.24, 2.45) is 0 Å². The normalized spacial score (nSPS) is 10.7. The zero-order valence-corrected chi connectivity index (χ0v) is 12.0. The summed E-state index contributed by atoms with van der Waals surface area (Å²) in [5.74, 6) is 1.91. The Kier molecular flexibility index (Phi) is 4.91. The summed E-state index contributed by atoms with van der Waals surface area (Å²) < 4.78 is 5.72. The van der Waals surface area contributed by atoms with Gasteiger partial charge in [0.1, 0.15) is 11.5 Å². The third kappa shape index (κ3) is 3.94. The van der Waals surface area contributed by atoms with Crippen LogP contribution >= 0.6 is 0 Å². The summed E-state index contributed by atoms with van der Waals surface area (Å²) in [6.45, 7) is 6.23. The van der Waals surface area contributed by atoms with Gasteiger partial charge in [-0.25, -0.2) is 0 Å². The number of aromatic nitrogens is 1. The van der Waals surface area contributed by atoms with Crippen molar-refractivity contribution in [2.45, 2.75) is 33.4 Å². The van der Waals surface area contributed by atoms with E-state index in [0.717, 1.165) is 30.2 Å². The minimum absolute atomic E-state index is 0.513. The fraction of sp³-hybridized carbons (Fsp3) is 0.375. The lowest BCUT2D eigenvalue weighted by atomic mass is 10.2. The van der Waals surface area contributed by atoms with E-state index < -0.39 is 0 Å². The van der Waals surface area contributed by atoms with Gasteiger partial charge in [-0.3, -0.25) is 9.88 Å². The van der Waals surface area contributed by atoms with Gasteiger partial charge >= 0.3 is 0 Å². The first kappa shape index (κ1) is 14.3. The van der Waals surface area contributed by atoms with E-state index in [1.54, 1.807) is 6.20 Å². The maximum atomic E-state index is 8.78. The monoisotopic (exact) mass is 269 g/mol. The zero-order chi connectivity index (χ0) is 14.4. The molecule has 0 unspecified atom stereocenters. The second-order valence-electron chi connectivity index (χ2n) is 4.93. The molecule has 104 valence electrons. The molecule has 0 saturated carbocycles. The molecular formula is C16H19N3O. The number of rotatable bonds is 6. The van der Waals surface area contributed by atoms with Crippen molar-refractivity contribution < 1.29 is 4.42 Å². The molecule has 0 spiro atoms. The quantitative estimate of drug-likeness (QED) is 0.808. The molecule has 0 aromatic carbocycles. The van der Waals surface area contributed by atoms with E-state index in [2.05, 4.69) is 22.0 Å². The molecule has 0 N–H and O–H groups in total. The molecule has 0 radical (unpaired) electrons. The van der Waals surface area contributed by atoms with Crippen LogP contribution in [0.5, 0.6) is 0 Å². The van der Waals surface area contributed by atoms with Crippen LogP contribution in [0.1, 0.15) is 29.1 Å². The number of hydrogen-bond donors (Lipinski definition) is 0. The van der Waals surface area contributed by atoms with Gasteiger partial charge in [-0.05, 0) is 37.1 Å². The predicted molar refractivity (Wildman–Crippen MR) is 76.8 cm³/mol. The van der Waals surface area contributed by atoms with E-state index in [-0.39, 0.29) is 0 Å². The van der Waals surface area contributed by atoms with Crippen molar-refractivity contribution in [2.75, 3.05) is 6.54 Å². The third-order valence-electron chi connectivity index (χ3n) is 3.27. The van der Waals surface area contributed by atoms with Crippen LogP contribution in [-0.4, -0.2) is 16.4 Å². The summed E-state index contributed by atoms with van der Waals surface area (Å²) >= 11 is 0. The molecule has 0 aliphatic carbocycles. The second kappa shape index (κ2) is 6.88. The molecular weight excluding hydrogens is 250 g/mol. The van der Waals surface area contributed by atoms with Crippen molar-refractivity contribution >= 4 is 0 Å². The van der Waals surface area contributed by atoms with E-state index >= 15 is 0 Å². The largest absolute Gasteiger partial charge is 0.465 e. The Bertz CT molecular complexity index is 564. The molecule has 0 fully saturated rings. The standard InChI is InChI=1S/C16H19N3O/c1-13-9-16(20-14(13)2)12-19(8-4-6-17)11-15-5-3-7-18-10-15/h3,5,7,9-10H,4,8,11-12H2,1-2H3. The first-order valence-corrected chi connectivity index (χ1v) is 6.73. The van der Waals surface area contributed by atoms with Crippen molar-refractivity contribution in [3.8, 4) is 6.07 Å². The lowest BCUT2D eigenvalue weighted by Gasteiger charge is -2.19. The first-order chi connectivity index (χ1) is 9.69. The Labute approximate surface area is 119 Å². The van der Waals surface area contributed by atoms with Crippen LogP contribution in [0.2, 0.25) is 0 Å². The minimum atomic E-state index is 0.513. The molecule has 0 bridgehead atoms. The van der Waals surface area contributed by atoms with E-state index in [9.17, 15) is 0 Å². The van der Waals surface area contributed by atoms with E-state index in [0.29, 0.717) is 13.0 Å². The molecule has 2 aromatic rings. The molecule has 2 heterocycles.